The third-order valence-electron chi connectivity index (χ3n) is 7.60. The zero-order chi connectivity index (χ0) is 23.9. The lowest BCUT2D eigenvalue weighted by Gasteiger charge is -2.34. The summed E-state index contributed by atoms with van der Waals surface area (Å²) in [7, 11) is 2.24. The third kappa shape index (κ3) is 4.32. The molecular formula is C27H33N7O. The number of anilines is 4. The highest BCUT2D eigenvalue weighted by Gasteiger charge is 2.41. The van der Waals surface area contributed by atoms with Crippen molar-refractivity contribution in [3.05, 3.63) is 53.9 Å². The number of likely N-dealkylation sites (tertiary alicyclic amines) is 1. The van der Waals surface area contributed by atoms with Crippen molar-refractivity contribution in [2.45, 2.75) is 32.4 Å². The number of hydrogen-bond acceptors (Lipinski definition) is 8. The van der Waals surface area contributed by atoms with Crippen LogP contribution in [0.5, 0.6) is 0 Å². The number of piperazine rings is 1. The molecule has 2 bridgehead atoms. The molecule has 0 spiro atoms. The van der Waals surface area contributed by atoms with E-state index in [2.05, 4.69) is 69.3 Å². The number of aromatic nitrogens is 3. The van der Waals surface area contributed by atoms with Crippen LogP contribution in [0.4, 0.5) is 23.1 Å². The number of pyridine rings is 1. The lowest BCUT2D eigenvalue weighted by molar-refractivity contribution is 0.122. The van der Waals surface area contributed by atoms with Crippen LogP contribution in [-0.4, -0.2) is 78.4 Å². The first-order valence-corrected chi connectivity index (χ1v) is 12.5. The minimum atomic E-state index is 0.594. The molecule has 182 valence electrons. The van der Waals surface area contributed by atoms with Crippen LogP contribution in [0.3, 0.4) is 0 Å². The van der Waals surface area contributed by atoms with Crippen molar-refractivity contribution in [1.82, 2.24) is 19.9 Å². The molecule has 2 aromatic heterocycles. The quantitative estimate of drug-likeness (QED) is 0.605. The van der Waals surface area contributed by atoms with E-state index in [0.29, 0.717) is 18.0 Å². The second-order valence-electron chi connectivity index (χ2n) is 9.99. The Balaban J connectivity index is 1.19. The van der Waals surface area contributed by atoms with E-state index in [-0.39, 0.29) is 0 Å². The van der Waals surface area contributed by atoms with Crippen molar-refractivity contribution in [2.24, 2.45) is 0 Å². The predicted molar refractivity (Wildman–Crippen MR) is 140 cm³/mol. The predicted octanol–water partition coefficient (Wildman–Crippen LogP) is 3.63. The SMILES string of the molecule is Cc1cc(Nc2ncc(C)c(-c3ccc(N4CCOCC4)nc3)n2)ccc1N1CC2CC1CN2C. The van der Waals surface area contributed by atoms with Crippen LogP contribution in [0.2, 0.25) is 0 Å². The number of nitrogens with zero attached hydrogens (tertiary/aromatic N) is 6. The van der Waals surface area contributed by atoms with Crippen molar-refractivity contribution >= 4 is 23.1 Å². The van der Waals surface area contributed by atoms with Crippen molar-refractivity contribution < 1.29 is 4.74 Å². The van der Waals surface area contributed by atoms with Gasteiger partial charge in [0.15, 0.2) is 0 Å². The van der Waals surface area contributed by atoms with Crippen LogP contribution in [0.1, 0.15) is 17.5 Å². The van der Waals surface area contributed by atoms with E-state index in [0.717, 1.165) is 67.7 Å². The lowest BCUT2D eigenvalue weighted by Crippen LogP contribution is -2.44. The first kappa shape index (κ1) is 22.2. The van der Waals surface area contributed by atoms with Crippen LogP contribution >= 0.6 is 0 Å². The summed E-state index contributed by atoms with van der Waals surface area (Å²) in [6, 6.07) is 12.1. The zero-order valence-corrected chi connectivity index (χ0v) is 20.7. The summed E-state index contributed by atoms with van der Waals surface area (Å²) in [6.45, 7) is 9.77. The molecular weight excluding hydrogens is 438 g/mol. The summed E-state index contributed by atoms with van der Waals surface area (Å²) >= 11 is 0. The topological polar surface area (TPSA) is 69.6 Å². The van der Waals surface area contributed by atoms with E-state index in [1.54, 1.807) is 0 Å². The number of ether oxygens (including phenoxy) is 1. The van der Waals surface area contributed by atoms with Crippen LogP contribution < -0.4 is 15.1 Å². The highest BCUT2D eigenvalue weighted by Crippen LogP contribution is 2.36. The molecule has 1 aromatic carbocycles. The molecule has 0 saturated carbocycles. The highest BCUT2D eigenvalue weighted by molar-refractivity contribution is 5.68. The number of aryl methyl sites for hydroxylation is 2. The van der Waals surface area contributed by atoms with Gasteiger partial charge in [0.05, 0.1) is 18.9 Å². The second-order valence-corrected chi connectivity index (χ2v) is 9.99. The molecule has 0 amide bonds. The van der Waals surface area contributed by atoms with Crippen LogP contribution in [0.15, 0.2) is 42.7 Å². The number of fused-ring (bicyclic) bond motifs is 2. The molecule has 8 nitrogen and oxygen atoms in total. The maximum Gasteiger partial charge on any atom is 0.227 e. The summed E-state index contributed by atoms with van der Waals surface area (Å²) in [5, 5.41) is 3.41. The van der Waals surface area contributed by atoms with Crippen molar-refractivity contribution in [1.29, 1.82) is 0 Å². The minimum absolute atomic E-state index is 0.594. The van der Waals surface area contributed by atoms with Gasteiger partial charge in [-0.3, -0.25) is 4.90 Å². The summed E-state index contributed by atoms with van der Waals surface area (Å²) in [5.74, 6) is 1.58. The molecule has 35 heavy (non-hydrogen) atoms. The Hall–Kier alpha value is -3.23. The molecule has 2 unspecified atom stereocenters. The molecule has 3 aliphatic rings. The van der Waals surface area contributed by atoms with Gasteiger partial charge in [-0.25, -0.2) is 15.0 Å². The average molecular weight is 472 g/mol. The Morgan fingerprint density at radius 2 is 1.80 bits per heavy atom. The normalized spacial score (nSPS) is 22.1. The molecule has 8 heteroatoms. The number of likely N-dealkylation sites (N-methyl/N-ethyl adjacent to an activating group) is 1. The second kappa shape index (κ2) is 9.09. The van der Waals surface area contributed by atoms with Crippen molar-refractivity contribution in [3.8, 4) is 11.3 Å². The van der Waals surface area contributed by atoms with Crippen molar-refractivity contribution in [2.75, 3.05) is 61.6 Å². The Morgan fingerprint density at radius 1 is 0.943 bits per heavy atom. The number of benzene rings is 1. The van der Waals surface area contributed by atoms with Crippen LogP contribution in [0, 0.1) is 13.8 Å². The molecule has 3 aliphatic heterocycles. The smallest absolute Gasteiger partial charge is 0.227 e. The number of rotatable bonds is 5. The zero-order valence-electron chi connectivity index (χ0n) is 20.7. The Labute approximate surface area is 207 Å². The summed E-state index contributed by atoms with van der Waals surface area (Å²) in [4.78, 5) is 21.4. The van der Waals surface area contributed by atoms with Crippen molar-refractivity contribution in [3.63, 3.8) is 0 Å². The van der Waals surface area contributed by atoms with E-state index < -0.39 is 0 Å². The molecule has 1 N–H and O–H groups in total. The third-order valence-corrected chi connectivity index (χ3v) is 7.60. The van der Waals surface area contributed by atoms with Gasteiger partial charge in [0, 0.05) is 67.6 Å². The van der Waals surface area contributed by atoms with Crippen LogP contribution in [0.25, 0.3) is 11.3 Å². The molecule has 3 aromatic rings. The lowest BCUT2D eigenvalue weighted by atomic mass is 10.1. The monoisotopic (exact) mass is 471 g/mol. The Kier molecular flexibility index (Phi) is 5.78. The van der Waals surface area contributed by atoms with Gasteiger partial charge in [0.25, 0.3) is 0 Å². The first-order chi connectivity index (χ1) is 17.0. The van der Waals surface area contributed by atoms with Gasteiger partial charge in [0.2, 0.25) is 5.95 Å². The van der Waals surface area contributed by atoms with E-state index in [1.165, 1.54) is 17.7 Å². The van der Waals surface area contributed by atoms with Crippen LogP contribution in [-0.2, 0) is 4.74 Å². The molecule has 2 atom stereocenters. The van der Waals surface area contributed by atoms with E-state index in [4.69, 9.17) is 14.7 Å². The van der Waals surface area contributed by atoms with Gasteiger partial charge in [-0.2, -0.15) is 0 Å². The number of morpholine rings is 1. The molecule has 0 radical (unpaired) electrons. The van der Waals surface area contributed by atoms with Gasteiger partial charge in [-0.1, -0.05) is 0 Å². The van der Waals surface area contributed by atoms with E-state index in [1.807, 2.05) is 19.3 Å². The average Bonchev–Trinajstić information content (AvgIpc) is 3.46. The van der Waals surface area contributed by atoms with Gasteiger partial charge in [-0.05, 0) is 68.8 Å². The summed E-state index contributed by atoms with van der Waals surface area (Å²) in [5.41, 5.74) is 6.54. The Morgan fingerprint density at radius 3 is 2.49 bits per heavy atom. The summed E-state index contributed by atoms with van der Waals surface area (Å²) in [6.07, 6.45) is 5.06. The molecule has 0 aliphatic carbocycles. The van der Waals surface area contributed by atoms with Gasteiger partial charge < -0.3 is 19.9 Å². The van der Waals surface area contributed by atoms with E-state index >= 15 is 0 Å². The maximum absolute atomic E-state index is 5.45. The van der Waals surface area contributed by atoms with E-state index in [9.17, 15) is 0 Å². The molecule has 3 saturated heterocycles. The minimum Gasteiger partial charge on any atom is -0.378 e. The largest absolute Gasteiger partial charge is 0.378 e. The molecule has 6 rings (SSSR count). The standard InChI is InChI=1S/C27H33N7O/c1-18-12-21(5-6-24(18)34-17-22-13-23(34)16-32(22)3)30-27-29-14-19(2)26(31-27)20-4-7-25(28-15-20)33-8-10-35-11-9-33/h4-7,12,14-15,22-23H,8-11,13,16-17H2,1-3H3,(H,29,30,31). The fourth-order valence-corrected chi connectivity index (χ4v) is 5.65. The van der Waals surface area contributed by atoms with Gasteiger partial charge in [0.1, 0.15) is 5.82 Å². The van der Waals surface area contributed by atoms with Gasteiger partial charge >= 0.3 is 0 Å². The summed E-state index contributed by atoms with van der Waals surface area (Å²) < 4.78 is 5.45. The fraction of sp³-hybridized carbons (Fsp3) is 0.444. The maximum atomic E-state index is 5.45. The highest BCUT2D eigenvalue weighted by atomic mass is 16.5. The number of hydrogen-bond donors (Lipinski definition) is 1. The Bertz CT molecular complexity index is 1210. The van der Waals surface area contributed by atoms with Gasteiger partial charge in [-0.15, -0.1) is 0 Å². The fourth-order valence-electron chi connectivity index (χ4n) is 5.65. The first-order valence-electron chi connectivity index (χ1n) is 12.5. The molecule has 5 heterocycles. The molecule has 3 fully saturated rings. The number of nitrogens with one attached hydrogen (secondary N) is 1.